The van der Waals surface area contributed by atoms with Crippen LogP contribution in [0.1, 0.15) is 12.5 Å². The first-order chi connectivity index (χ1) is 17.5. The Labute approximate surface area is 211 Å². The van der Waals surface area contributed by atoms with E-state index in [1.54, 1.807) is 19.1 Å². The monoisotopic (exact) mass is 469 g/mol. The molecule has 0 heterocycles. The van der Waals surface area contributed by atoms with Crippen LogP contribution in [-0.2, 0) is 4.79 Å². The Kier molecular flexibility index (Phi) is 6.38. The highest BCUT2D eigenvalue weighted by Crippen LogP contribution is 2.37. The smallest absolute Gasteiger partial charge is 0.338 e. The predicted octanol–water partition coefficient (Wildman–Crippen LogP) is 8.77. The molecular formula is C33H27NO2. The van der Waals surface area contributed by atoms with Crippen molar-refractivity contribution in [2.75, 3.05) is 4.90 Å². The van der Waals surface area contributed by atoms with Crippen molar-refractivity contribution in [1.29, 1.82) is 0 Å². The Hall–Kier alpha value is -4.63. The summed E-state index contributed by atoms with van der Waals surface area (Å²) in [7, 11) is 0. The van der Waals surface area contributed by atoms with Crippen LogP contribution in [0.2, 0.25) is 0 Å². The number of hydrogen-bond donors (Lipinski definition) is 0. The van der Waals surface area contributed by atoms with Crippen molar-refractivity contribution in [2.24, 2.45) is 0 Å². The van der Waals surface area contributed by atoms with Gasteiger partial charge in [-0.05, 0) is 84.3 Å². The second-order valence-electron chi connectivity index (χ2n) is 8.94. The zero-order chi connectivity index (χ0) is 25.1. The summed E-state index contributed by atoms with van der Waals surface area (Å²) < 4.78 is 5.31. The van der Waals surface area contributed by atoms with E-state index in [1.807, 2.05) is 12.1 Å². The molecule has 3 heteroatoms. The van der Waals surface area contributed by atoms with Gasteiger partial charge in [0.05, 0.1) is 0 Å². The molecule has 0 bridgehead atoms. The maximum absolute atomic E-state index is 11.8. The van der Waals surface area contributed by atoms with Crippen molar-refractivity contribution in [3.63, 3.8) is 0 Å². The number of nitrogens with zero attached hydrogens (tertiary/aromatic N) is 1. The van der Waals surface area contributed by atoms with Gasteiger partial charge in [0, 0.05) is 22.6 Å². The van der Waals surface area contributed by atoms with Crippen LogP contribution in [0.15, 0.2) is 127 Å². The molecule has 0 aromatic heterocycles. The Bertz CT molecular complexity index is 1530. The summed E-state index contributed by atoms with van der Waals surface area (Å²) >= 11 is 0. The molecule has 0 saturated carbocycles. The van der Waals surface area contributed by atoms with Gasteiger partial charge in [0.15, 0.2) is 0 Å². The molecule has 5 aromatic carbocycles. The van der Waals surface area contributed by atoms with Crippen LogP contribution < -0.4 is 9.64 Å². The van der Waals surface area contributed by atoms with Crippen molar-refractivity contribution >= 4 is 33.8 Å². The third kappa shape index (κ3) is 4.91. The van der Waals surface area contributed by atoms with Crippen molar-refractivity contribution in [3.05, 3.63) is 133 Å². The second-order valence-corrected chi connectivity index (χ2v) is 8.94. The number of fused-ring (bicyclic) bond motifs is 1. The number of aryl methyl sites for hydroxylation is 1. The van der Waals surface area contributed by atoms with Crippen molar-refractivity contribution in [2.45, 2.75) is 13.8 Å². The van der Waals surface area contributed by atoms with E-state index in [2.05, 4.69) is 109 Å². The number of benzene rings is 5. The molecule has 5 aromatic rings. The normalized spacial score (nSPS) is 10.7. The van der Waals surface area contributed by atoms with Crippen LogP contribution in [0.5, 0.6) is 5.75 Å². The fourth-order valence-electron chi connectivity index (χ4n) is 4.17. The van der Waals surface area contributed by atoms with E-state index in [-0.39, 0.29) is 0 Å². The molecule has 0 aliphatic carbocycles. The Morgan fingerprint density at radius 1 is 0.667 bits per heavy atom. The molecule has 0 spiro atoms. The van der Waals surface area contributed by atoms with Gasteiger partial charge in [-0.25, -0.2) is 4.79 Å². The molecule has 0 aliphatic heterocycles. The lowest BCUT2D eigenvalue weighted by Crippen LogP contribution is -2.09. The quantitative estimate of drug-likeness (QED) is 0.141. The van der Waals surface area contributed by atoms with Gasteiger partial charge in [0.2, 0.25) is 0 Å². The largest absolute Gasteiger partial charge is 0.423 e. The molecule has 0 unspecified atom stereocenters. The van der Waals surface area contributed by atoms with E-state index in [0.717, 1.165) is 28.2 Å². The summed E-state index contributed by atoms with van der Waals surface area (Å²) in [4.78, 5) is 14.0. The lowest BCUT2D eigenvalue weighted by molar-refractivity contribution is -0.130. The van der Waals surface area contributed by atoms with Crippen LogP contribution in [0.4, 0.5) is 17.1 Å². The summed E-state index contributed by atoms with van der Waals surface area (Å²) in [6.07, 6.45) is 0. The van der Waals surface area contributed by atoms with E-state index >= 15 is 0 Å². The first-order valence-electron chi connectivity index (χ1n) is 11.9. The van der Waals surface area contributed by atoms with Crippen LogP contribution in [0, 0.1) is 6.92 Å². The summed E-state index contributed by atoms with van der Waals surface area (Å²) in [5.74, 6) is 0.0854. The Morgan fingerprint density at radius 2 is 1.19 bits per heavy atom. The van der Waals surface area contributed by atoms with Gasteiger partial charge in [-0.2, -0.15) is 0 Å². The topological polar surface area (TPSA) is 29.5 Å². The maximum Gasteiger partial charge on any atom is 0.338 e. The van der Waals surface area contributed by atoms with Crippen molar-refractivity contribution < 1.29 is 9.53 Å². The first-order valence-corrected chi connectivity index (χ1v) is 11.9. The molecular weight excluding hydrogens is 442 g/mol. The fraction of sp³-hybridized carbons (Fsp3) is 0.0606. The number of esters is 1. The number of hydrogen-bond acceptors (Lipinski definition) is 3. The van der Waals surface area contributed by atoms with E-state index in [0.29, 0.717) is 11.3 Å². The van der Waals surface area contributed by atoms with Gasteiger partial charge in [0.1, 0.15) is 5.75 Å². The third-order valence-corrected chi connectivity index (χ3v) is 6.16. The summed E-state index contributed by atoms with van der Waals surface area (Å²) in [5.41, 5.74) is 7.01. The summed E-state index contributed by atoms with van der Waals surface area (Å²) in [6.45, 7) is 7.36. The third-order valence-electron chi connectivity index (χ3n) is 6.16. The van der Waals surface area contributed by atoms with Crippen molar-refractivity contribution in [3.8, 4) is 16.9 Å². The lowest BCUT2D eigenvalue weighted by Gasteiger charge is -2.26. The summed E-state index contributed by atoms with van der Waals surface area (Å²) in [5, 5.41) is 2.43. The average molecular weight is 470 g/mol. The van der Waals surface area contributed by atoms with Crippen LogP contribution in [-0.4, -0.2) is 5.97 Å². The second kappa shape index (κ2) is 9.93. The minimum atomic E-state index is -0.419. The van der Waals surface area contributed by atoms with Gasteiger partial charge in [-0.15, -0.1) is 0 Å². The molecule has 0 atom stereocenters. The Balaban J connectivity index is 1.48. The van der Waals surface area contributed by atoms with E-state index in [9.17, 15) is 4.79 Å². The predicted molar refractivity (Wildman–Crippen MR) is 149 cm³/mol. The molecule has 5 rings (SSSR count). The van der Waals surface area contributed by atoms with E-state index in [4.69, 9.17) is 4.74 Å². The number of carbonyl (C=O) groups is 1. The van der Waals surface area contributed by atoms with Gasteiger partial charge in [-0.1, -0.05) is 78.9 Å². The first kappa shape index (κ1) is 23.1. The minimum absolute atomic E-state index is 0.374. The van der Waals surface area contributed by atoms with Gasteiger partial charge >= 0.3 is 5.97 Å². The minimum Gasteiger partial charge on any atom is -0.423 e. The van der Waals surface area contributed by atoms with Crippen LogP contribution >= 0.6 is 0 Å². The highest BCUT2D eigenvalue weighted by atomic mass is 16.5. The fourth-order valence-corrected chi connectivity index (χ4v) is 4.17. The van der Waals surface area contributed by atoms with E-state index < -0.39 is 5.97 Å². The molecule has 176 valence electrons. The molecule has 0 aliphatic rings. The van der Waals surface area contributed by atoms with Crippen LogP contribution in [0.3, 0.4) is 0 Å². The molecule has 36 heavy (non-hydrogen) atoms. The maximum atomic E-state index is 11.8. The molecule has 0 radical (unpaired) electrons. The van der Waals surface area contributed by atoms with Gasteiger partial charge < -0.3 is 9.64 Å². The van der Waals surface area contributed by atoms with Gasteiger partial charge in [0.25, 0.3) is 0 Å². The SMILES string of the molecule is C=C(C)C(=O)Oc1ccc(-c2ccc(N(c3ccc(C)cc3)c3ccc4ccccc4c3)cc2)cc1. The molecule has 3 nitrogen and oxygen atoms in total. The molecule has 0 fully saturated rings. The number of carbonyl (C=O) groups excluding carboxylic acids is 1. The lowest BCUT2D eigenvalue weighted by atomic mass is 10.0. The zero-order valence-electron chi connectivity index (χ0n) is 20.4. The molecule has 0 amide bonds. The molecule has 0 N–H and O–H groups in total. The highest BCUT2D eigenvalue weighted by molar-refractivity contribution is 5.90. The number of anilines is 3. The number of rotatable bonds is 6. The van der Waals surface area contributed by atoms with E-state index in [1.165, 1.54) is 16.3 Å². The summed E-state index contributed by atoms with van der Waals surface area (Å²) in [6, 6.07) is 39.6. The number of ether oxygens (including phenoxy) is 1. The van der Waals surface area contributed by atoms with Gasteiger partial charge in [-0.3, -0.25) is 0 Å². The molecule has 0 saturated heterocycles. The van der Waals surface area contributed by atoms with Crippen molar-refractivity contribution in [1.82, 2.24) is 0 Å². The average Bonchev–Trinajstić information content (AvgIpc) is 2.91. The highest BCUT2D eigenvalue weighted by Gasteiger charge is 2.13. The zero-order valence-corrected chi connectivity index (χ0v) is 20.4. The van der Waals surface area contributed by atoms with Crippen LogP contribution in [0.25, 0.3) is 21.9 Å². The Morgan fingerprint density at radius 3 is 1.81 bits per heavy atom. The standard InChI is InChI=1S/C33H27NO2/c1-23(2)33(35)36-32-20-13-27(14-21-32)26-10-17-30(18-11-26)34(29-15-8-24(3)9-16-29)31-19-12-25-6-4-5-7-28(25)22-31/h4-22H,1H2,2-3H3.